The molecule has 0 bridgehead atoms. The van der Waals surface area contributed by atoms with Crippen LogP contribution < -0.4 is 19.2 Å². The Morgan fingerprint density at radius 3 is 2.43 bits per heavy atom. The molecule has 10 nitrogen and oxygen atoms in total. The van der Waals surface area contributed by atoms with Crippen LogP contribution in [0.5, 0.6) is 11.5 Å². The van der Waals surface area contributed by atoms with Crippen LogP contribution in [0.2, 0.25) is 5.02 Å². The first kappa shape index (κ1) is 27.5. The molecular formula is C25H24ClN3O7S. The molecule has 0 aliphatic heterocycles. The molecule has 0 saturated heterocycles. The monoisotopic (exact) mass is 545 g/mol. The molecule has 37 heavy (non-hydrogen) atoms. The molecule has 0 saturated carbocycles. The van der Waals surface area contributed by atoms with E-state index in [1.165, 1.54) is 44.7 Å². The van der Waals surface area contributed by atoms with E-state index < -0.39 is 28.6 Å². The van der Waals surface area contributed by atoms with E-state index in [2.05, 4.69) is 15.3 Å². The minimum Gasteiger partial charge on any atom is -0.493 e. The fraction of sp³-hybridized carbons (Fsp3) is 0.160. The van der Waals surface area contributed by atoms with E-state index in [4.69, 9.17) is 21.1 Å². The van der Waals surface area contributed by atoms with Crippen LogP contribution in [0.15, 0.2) is 76.7 Å². The quantitative estimate of drug-likeness (QED) is 0.185. The largest absolute Gasteiger partial charge is 0.513 e. The maximum absolute atomic E-state index is 13.4. The van der Waals surface area contributed by atoms with Crippen molar-refractivity contribution in [3.8, 4) is 11.5 Å². The molecule has 0 aliphatic carbocycles. The number of halogens is 1. The van der Waals surface area contributed by atoms with Gasteiger partial charge in [0.15, 0.2) is 11.5 Å². The van der Waals surface area contributed by atoms with Crippen molar-refractivity contribution in [2.24, 2.45) is 5.10 Å². The van der Waals surface area contributed by atoms with E-state index in [1.54, 1.807) is 49.4 Å². The third-order valence-corrected chi connectivity index (χ3v) is 7.26. The maximum Gasteiger partial charge on any atom is 0.513 e. The van der Waals surface area contributed by atoms with Crippen molar-refractivity contribution in [3.63, 3.8) is 0 Å². The number of hydrogen-bond acceptors (Lipinski definition) is 8. The average molecular weight is 546 g/mol. The Bertz CT molecular complexity index is 1410. The summed E-state index contributed by atoms with van der Waals surface area (Å²) < 4.78 is 42.5. The summed E-state index contributed by atoms with van der Waals surface area (Å²) in [5.41, 5.74) is 3.60. The summed E-state index contributed by atoms with van der Waals surface area (Å²) in [5.74, 6) is -0.320. The topological polar surface area (TPSA) is 124 Å². The lowest BCUT2D eigenvalue weighted by Crippen LogP contribution is -2.40. The molecule has 0 aromatic heterocycles. The Kier molecular flexibility index (Phi) is 9.10. The fourth-order valence-electron chi connectivity index (χ4n) is 3.21. The molecule has 3 aromatic carbocycles. The minimum atomic E-state index is -4.10. The van der Waals surface area contributed by atoms with Crippen molar-refractivity contribution in [3.05, 3.63) is 82.9 Å². The van der Waals surface area contributed by atoms with Gasteiger partial charge in [-0.1, -0.05) is 35.9 Å². The Hall–Kier alpha value is -4.09. The van der Waals surface area contributed by atoms with Gasteiger partial charge in [-0.05, 0) is 60.5 Å². The van der Waals surface area contributed by atoms with Gasteiger partial charge in [0.2, 0.25) is 0 Å². The molecule has 0 unspecified atom stereocenters. The molecule has 0 radical (unpaired) electrons. The van der Waals surface area contributed by atoms with E-state index >= 15 is 0 Å². The molecule has 0 fully saturated rings. The molecule has 0 heterocycles. The molecule has 1 amide bonds. The second-order valence-corrected chi connectivity index (χ2v) is 9.74. The lowest BCUT2D eigenvalue weighted by Gasteiger charge is -2.25. The van der Waals surface area contributed by atoms with Crippen molar-refractivity contribution in [2.45, 2.75) is 11.8 Å². The summed E-state index contributed by atoms with van der Waals surface area (Å²) in [6, 6.07) is 17.1. The number of ether oxygens (including phenoxy) is 3. The first-order valence-electron chi connectivity index (χ1n) is 10.8. The van der Waals surface area contributed by atoms with Crippen LogP contribution in [-0.4, -0.2) is 47.5 Å². The third-order valence-electron chi connectivity index (χ3n) is 5.08. The summed E-state index contributed by atoms with van der Waals surface area (Å²) in [6.45, 7) is 1.12. The summed E-state index contributed by atoms with van der Waals surface area (Å²) in [4.78, 5) is 24.1. The number of hydrogen-bond donors (Lipinski definition) is 1. The van der Waals surface area contributed by atoms with E-state index in [9.17, 15) is 18.0 Å². The predicted octanol–water partition coefficient (Wildman–Crippen LogP) is 4.15. The van der Waals surface area contributed by atoms with Gasteiger partial charge in [0.1, 0.15) is 6.54 Å². The van der Waals surface area contributed by atoms with Gasteiger partial charge in [0, 0.05) is 5.02 Å². The molecule has 3 rings (SSSR count). The van der Waals surface area contributed by atoms with Crippen LogP contribution in [0, 0.1) is 6.92 Å². The van der Waals surface area contributed by atoms with Crippen LogP contribution >= 0.6 is 11.6 Å². The van der Waals surface area contributed by atoms with Gasteiger partial charge in [0.05, 0.1) is 31.0 Å². The van der Waals surface area contributed by atoms with Gasteiger partial charge in [-0.25, -0.2) is 18.6 Å². The molecule has 1 N–H and O–H groups in total. The molecule has 0 atom stereocenters. The van der Waals surface area contributed by atoms with E-state index in [1.807, 2.05) is 0 Å². The van der Waals surface area contributed by atoms with Crippen molar-refractivity contribution in [1.29, 1.82) is 0 Å². The highest BCUT2D eigenvalue weighted by molar-refractivity contribution is 7.92. The molecular weight excluding hydrogens is 522 g/mol. The Labute approximate surface area is 219 Å². The van der Waals surface area contributed by atoms with E-state index in [-0.39, 0.29) is 22.1 Å². The summed E-state index contributed by atoms with van der Waals surface area (Å²) in [6.07, 6.45) is 0.417. The summed E-state index contributed by atoms with van der Waals surface area (Å²) in [5, 5.41) is 4.26. The van der Waals surface area contributed by atoms with Gasteiger partial charge in [0.25, 0.3) is 15.9 Å². The third kappa shape index (κ3) is 6.78. The van der Waals surface area contributed by atoms with Crippen LogP contribution in [0.4, 0.5) is 10.5 Å². The Morgan fingerprint density at radius 2 is 1.76 bits per heavy atom. The number of nitrogens with one attached hydrogen (secondary N) is 1. The van der Waals surface area contributed by atoms with Crippen molar-refractivity contribution in [1.82, 2.24) is 5.43 Å². The fourth-order valence-corrected chi connectivity index (χ4v) is 4.88. The lowest BCUT2D eigenvalue weighted by molar-refractivity contribution is -0.119. The average Bonchev–Trinajstić information content (AvgIpc) is 2.90. The standard InChI is InChI=1S/C25H24ClN3O7S/c1-17-20(26)10-7-11-21(17)29(37(32,33)19-8-5-4-6-9-19)16-24(30)28-27-15-18-12-13-22(23(14-18)34-2)36-25(31)35-3/h4-15H,16H2,1-3H3,(H,28,30)/b27-15-. The number of carbonyl (C=O) groups is 2. The van der Waals surface area contributed by atoms with Crippen molar-refractivity contribution >= 4 is 45.6 Å². The van der Waals surface area contributed by atoms with Crippen LogP contribution in [0.3, 0.4) is 0 Å². The number of methoxy groups -OCH3 is 2. The van der Waals surface area contributed by atoms with E-state index in [0.717, 1.165) is 4.31 Å². The second-order valence-electron chi connectivity index (χ2n) is 7.47. The number of nitrogens with zero attached hydrogens (tertiary/aromatic N) is 2. The minimum absolute atomic E-state index is 0.0204. The SMILES string of the molecule is COC(=O)Oc1ccc(/C=N\NC(=O)CN(c2cccc(Cl)c2C)S(=O)(=O)c2ccccc2)cc1OC. The highest BCUT2D eigenvalue weighted by Gasteiger charge is 2.28. The highest BCUT2D eigenvalue weighted by atomic mass is 35.5. The lowest BCUT2D eigenvalue weighted by atomic mass is 10.2. The normalized spacial score (nSPS) is 11.1. The zero-order valence-electron chi connectivity index (χ0n) is 20.2. The molecule has 0 aliphatic rings. The van der Waals surface area contributed by atoms with Crippen molar-refractivity contribution < 1.29 is 32.2 Å². The number of sulfonamides is 1. The van der Waals surface area contributed by atoms with Crippen LogP contribution in [0.25, 0.3) is 0 Å². The molecule has 194 valence electrons. The maximum atomic E-state index is 13.4. The van der Waals surface area contributed by atoms with Crippen LogP contribution in [-0.2, 0) is 19.6 Å². The van der Waals surface area contributed by atoms with Gasteiger partial charge < -0.3 is 14.2 Å². The van der Waals surface area contributed by atoms with Crippen molar-refractivity contribution in [2.75, 3.05) is 25.1 Å². The summed E-state index contributed by atoms with van der Waals surface area (Å²) >= 11 is 6.22. The number of anilines is 1. The zero-order chi connectivity index (χ0) is 27.0. The second kappa shape index (κ2) is 12.2. The number of amides is 1. The molecule has 3 aromatic rings. The van der Waals surface area contributed by atoms with Gasteiger partial charge in [-0.3, -0.25) is 9.10 Å². The van der Waals surface area contributed by atoms with E-state index in [0.29, 0.717) is 16.1 Å². The highest BCUT2D eigenvalue weighted by Crippen LogP contribution is 2.31. The smallest absolute Gasteiger partial charge is 0.493 e. The number of rotatable bonds is 9. The first-order chi connectivity index (χ1) is 17.7. The van der Waals surface area contributed by atoms with Gasteiger partial charge in [-0.2, -0.15) is 5.10 Å². The zero-order valence-corrected chi connectivity index (χ0v) is 21.7. The van der Waals surface area contributed by atoms with Crippen LogP contribution in [0.1, 0.15) is 11.1 Å². The molecule has 12 heteroatoms. The number of hydrazone groups is 1. The predicted molar refractivity (Wildman–Crippen MR) is 139 cm³/mol. The van der Waals surface area contributed by atoms with Gasteiger partial charge in [-0.15, -0.1) is 0 Å². The Balaban J connectivity index is 1.81. The number of benzene rings is 3. The Morgan fingerprint density at radius 1 is 1.03 bits per heavy atom. The summed E-state index contributed by atoms with van der Waals surface area (Å²) in [7, 11) is -1.53. The number of carbonyl (C=O) groups excluding carboxylic acids is 2. The first-order valence-corrected chi connectivity index (χ1v) is 12.6. The van der Waals surface area contributed by atoms with Gasteiger partial charge >= 0.3 is 6.16 Å². The molecule has 0 spiro atoms.